The molecule has 0 spiro atoms. The lowest BCUT2D eigenvalue weighted by atomic mass is 9.99. The van der Waals surface area contributed by atoms with Crippen molar-refractivity contribution in [2.24, 2.45) is 0 Å². The van der Waals surface area contributed by atoms with Gasteiger partial charge in [0, 0.05) is 24.2 Å². The zero-order valence-corrected chi connectivity index (χ0v) is 21.6. The number of aliphatic hydroxyl groups is 1. The Kier molecular flexibility index (Phi) is 8.22. The summed E-state index contributed by atoms with van der Waals surface area (Å²) in [7, 11) is -3.71. The Balaban J connectivity index is 1.37. The average molecular weight is 523 g/mol. The van der Waals surface area contributed by atoms with E-state index in [4.69, 9.17) is 9.47 Å². The molecule has 7 nitrogen and oxygen atoms in total. The molecular weight excluding hydrogens is 488 g/mol. The molecule has 2 saturated heterocycles. The standard InChI is InChI=1S/C29H34N2O5S/c32-21-22-12-14-23(15-13-22)28-19-26(20-31-16-5-2-6-17-31)35-29(36-28)24-8-7-9-25(18-24)30-37(33,34)27-10-3-1-4-11-27/h1,3-4,7-15,18,26,28-30,32H,2,5-6,16-17,19-21H2. The number of nitrogens with zero attached hydrogens (tertiary/aromatic N) is 1. The lowest BCUT2D eigenvalue weighted by molar-refractivity contribution is -0.253. The summed E-state index contributed by atoms with van der Waals surface area (Å²) in [4.78, 5) is 2.67. The number of likely N-dealkylation sites (tertiary alicyclic amines) is 1. The molecule has 196 valence electrons. The molecule has 2 fully saturated rings. The highest BCUT2D eigenvalue weighted by molar-refractivity contribution is 7.92. The van der Waals surface area contributed by atoms with Crippen molar-refractivity contribution < 1.29 is 23.0 Å². The van der Waals surface area contributed by atoms with Gasteiger partial charge in [0.15, 0.2) is 6.29 Å². The Bertz CT molecular complexity index is 1260. The summed E-state index contributed by atoms with van der Waals surface area (Å²) >= 11 is 0. The van der Waals surface area contributed by atoms with Gasteiger partial charge in [-0.25, -0.2) is 8.42 Å². The lowest BCUT2D eigenvalue weighted by Gasteiger charge is -2.39. The van der Waals surface area contributed by atoms with Gasteiger partial charge in [0.25, 0.3) is 10.0 Å². The molecule has 0 radical (unpaired) electrons. The van der Waals surface area contributed by atoms with Crippen LogP contribution in [0.3, 0.4) is 0 Å². The van der Waals surface area contributed by atoms with E-state index in [0.29, 0.717) is 5.69 Å². The molecule has 2 N–H and O–H groups in total. The van der Waals surface area contributed by atoms with E-state index in [0.717, 1.165) is 42.7 Å². The van der Waals surface area contributed by atoms with Crippen molar-refractivity contribution in [1.29, 1.82) is 0 Å². The third kappa shape index (κ3) is 6.58. The quantitative estimate of drug-likeness (QED) is 0.432. The largest absolute Gasteiger partial charge is 0.392 e. The van der Waals surface area contributed by atoms with E-state index in [1.807, 2.05) is 36.4 Å². The Morgan fingerprint density at radius 1 is 0.865 bits per heavy atom. The molecule has 3 atom stereocenters. The van der Waals surface area contributed by atoms with Gasteiger partial charge >= 0.3 is 0 Å². The van der Waals surface area contributed by atoms with Crippen LogP contribution in [0.4, 0.5) is 5.69 Å². The monoisotopic (exact) mass is 522 g/mol. The number of nitrogens with one attached hydrogen (secondary N) is 1. The molecule has 37 heavy (non-hydrogen) atoms. The zero-order valence-electron chi connectivity index (χ0n) is 20.8. The molecule has 3 aromatic carbocycles. The molecule has 0 amide bonds. The van der Waals surface area contributed by atoms with E-state index >= 15 is 0 Å². The van der Waals surface area contributed by atoms with Crippen LogP contribution in [0.1, 0.15) is 54.8 Å². The zero-order chi connectivity index (χ0) is 25.7. The number of rotatable bonds is 8. The highest BCUT2D eigenvalue weighted by atomic mass is 32.2. The fourth-order valence-electron chi connectivity index (χ4n) is 5.03. The number of aliphatic hydroxyl groups excluding tert-OH is 1. The maximum absolute atomic E-state index is 12.9. The fraction of sp³-hybridized carbons (Fsp3) is 0.379. The van der Waals surface area contributed by atoms with Gasteiger partial charge in [0.05, 0.1) is 23.7 Å². The molecule has 3 unspecified atom stereocenters. The van der Waals surface area contributed by atoms with Crippen LogP contribution in [0, 0.1) is 0 Å². The van der Waals surface area contributed by atoms with Gasteiger partial charge in [0.1, 0.15) is 0 Å². The van der Waals surface area contributed by atoms with Crippen LogP contribution in [-0.4, -0.2) is 44.2 Å². The highest BCUT2D eigenvalue weighted by Gasteiger charge is 2.33. The second-order valence-corrected chi connectivity index (χ2v) is 11.4. The molecular formula is C29H34N2O5S. The number of benzene rings is 3. The summed E-state index contributed by atoms with van der Waals surface area (Å²) in [5.74, 6) is 0. The van der Waals surface area contributed by atoms with E-state index in [1.54, 1.807) is 42.5 Å². The van der Waals surface area contributed by atoms with E-state index in [2.05, 4.69) is 9.62 Å². The minimum atomic E-state index is -3.71. The third-order valence-corrected chi connectivity index (χ3v) is 8.39. The Morgan fingerprint density at radius 3 is 2.35 bits per heavy atom. The van der Waals surface area contributed by atoms with Crippen molar-refractivity contribution in [3.63, 3.8) is 0 Å². The molecule has 2 aliphatic heterocycles. The maximum atomic E-state index is 12.9. The normalized spacial score (nSPS) is 23.0. The van der Waals surface area contributed by atoms with E-state index in [-0.39, 0.29) is 23.7 Å². The van der Waals surface area contributed by atoms with Gasteiger partial charge in [-0.15, -0.1) is 0 Å². The first kappa shape index (κ1) is 25.9. The SMILES string of the molecule is O=S(=O)(Nc1cccc(C2OC(CN3CCCCC3)CC(c3ccc(CO)cc3)O2)c1)c1ccccc1. The number of hydrogen-bond acceptors (Lipinski definition) is 6. The maximum Gasteiger partial charge on any atom is 0.261 e. The topological polar surface area (TPSA) is 88.1 Å². The van der Waals surface area contributed by atoms with Crippen LogP contribution in [0.25, 0.3) is 0 Å². The fourth-order valence-corrected chi connectivity index (χ4v) is 6.10. The van der Waals surface area contributed by atoms with Crippen LogP contribution in [0.15, 0.2) is 83.8 Å². The summed E-state index contributed by atoms with van der Waals surface area (Å²) in [6, 6.07) is 23.4. The first-order valence-corrected chi connectivity index (χ1v) is 14.4. The number of piperidine rings is 1. The first-order valence-electron chi connectivity index (χ1n) is 12.9. The van der Waals surface area contributed by atoms with Crippen molar-refractivity contribution in [2.45, 2.75) is 55.7 Å². The molecule has 5 rings (SSSR count). The summed E-state index contributed by atoms with van der Waals surface area (Å²) in [6.07, 6.45) is 3.59. The summed E-state index contributed by atoms with van der Waals surface area (Å²) < 4.78 is 41.3. The predicted octanol–water partition coefficient (Wildman–Crippen LogP) is 5.01. The third-order valence-electron chi connectivity index (χ3n) is 6.99. The van der Waals surface area contributed by atoms with Crippen LogP contribution < -0.4 is 4.72 Å². The minimum absolute atomic E-state index is 0.000800. The van der Waals surface area contributed by atoms with E-state index in [1.165, 1.54) is 19.3 Å². The van der Waals surface area contributed by atoms with Gasteiger partial charge in [-0.2, -0.15) is 0 Å². The Hall–Kier alpha value is -2.75. The van der Waals surface area contributed by atoms with E-state index < -0.39 is 16.3 Å². The van der Waals surface area contributed by atoms with Crippen molar-refractivity contribution in [2.75, 3.05) is 24.4 Å². The average Bonchev–Trinajstić information content (AvgIpc) is 2.94. The summed E-state index contributed by atoms with van der Waals surface area (Å²) in [5, 5.41) is 9.43. The number of hydrogen-bond donors (Lipinski definition) is 2. The molecule has 0 bridgehead atoms. The second kappa shape index (κ2) is 11.8. The minimum Gasteiger partial charge on any atom is -0.392 e. The summed E-state index contributed by atoms with van der Waals surface area (Å²) in [5.41, 5.74) is 3.11. The molecule has 2 aliphatic rings. The smallest absolute Gasteiger partial charge is 0.261 e. The molecule has 2 heterocycles. The first-order chi connectivity index (χ1) is 18.0. The Morgan fingerprint density at radius 2 is 1.62 bits per heavy atom. The van der Waals surface area contributed by atoms with Crippen molar-refractivity contribution >= 4 is 15.7 Å². The number of sulfonamides is 1. The van der Waals surface area contributed by atoms with Crippen molar-refractivity contribution in [3.8, 4) is 0 Å². The summed E-state index contributed by atoms with van der Waals surface area (Å²) in [6.45, 7) is 3.00. The lowest BCUT2D eigenvalue weighted by Crippen LogP contribution is -2.41. The van der Waals surface area contributed by atoms with Gasteiger partial charge in [-0.05, 0) is 61.3 Å². The van der Waals surface area contributed by atoms with Crippen molar-refractivity contribution in [1.82, 2.24) is 4.90 Å². The molecule has 8 heteroatoms. The predicted molar refractivity (Wildman–Crippen MR) is 142 cm³/mol. The van der Waals surface area contributed by atoms with Gasteiger partial charge in [-0.3, -0.25) is 4.72 Å². The van der Waals surface area contributed by atoms with Crippen LogP contribution in [0.5, 0.6) is 0 Å². The highest BCUT2D eigenvalue weighted by Crippen LogP contribution is 2.39. The van der Waals surface area contributed by atoms with Gasteiger partial charge in [0.2, 0.25) is 0 Å². The number of anilines is 1. The van der Waals surface area contributed by atoms with Crippen LogP contribution in [0.2, 0.25) is 0 Å². The molecule has 0 aromatic heterocycles. The Labute approximate surface area is 219 Å². The van der Waals surface area contributed by atoms with Crippen LogP contribution in [-0.2, 0) is 26.1 Å². The van der Waals surface area contributed by atoms with Crippen molar-refractivity contribution in [3.05, 3.63) is 95.6 Å². The van der Waals surface area contributed by atoms with Gasteiger partial charge < -0.3 is 19.5 Å². The van der Waals surface area contributed by atoms with Gasteiger partial charge in [-0.1, -0.05) is 61.0 Å². The van der Waals surface area contributed by atoms with E-state index in [9.17, 15) is 13.5 Å². The number of ether oxygens (including phenoxy) is 2. The second-order valence-electron chi connectivity index (χ2n) is 9.76. The molecule has 3 aromatic rings. The van der Waals surface area contributed by atoms with Crippen LogP contribution >= 0.6 is 0 Å². The molecule has 0 aliphatic carbocycles. The molecule has 0 saturated carbocycles.